The Morgan fingerprint density at radius 3 is 2.38 bits per heavy atom. The van der Waals surface area contributed by atoms with Crippen molar-refractivity contribution in [2.24, 2.45) is 10.9 Å². The molecular weight excluding hydrogens is 431 g/mol. The fraction of sp³-hybridized carbons (Fsp3) is 0.476. The van der Waals surface area contributed by atoms with Crippen LogP contribution in [-0.2, 0) is 4.79 Å². The molecule has 1 saturated heterocycles. The minimum atomic E-state index is -0.463. The summed E-state index contributed by atoms with van der Waals surface area (Å²) in [6, 6.07) is 5.08. The van der Waals surface area contributed by atoms with Crippen LogP contribution in [0.3, 0.4) is 0 Å². The van der Waals surface area contributed by atoms with E-state index in [-0.39, 0.29) is 11.9 Å². The second kappa shape index (κ2) is 8.66. The first kappa shape index (κ1) is 20.7. The molecule has 1 fully saturated rings. The van der Waals surface area contributed by atoms with E-state index in [1.54, 1.807) is 23.0 Å². The fourth-order valence-corrected chi connectivity index (χ4v) is 4.74. The van der Waals surface area contributed by atoms with Crippen LogP contribution in [0.4, 0.5) is 5.82 Å². The van der Waals surface area contributed by atoms with Crippen LogP contribution < -0.4 is 0 Å². The fourth-order valence-electron chi connectivity index (χ4n) is 4.26. The van der Waals surface area contributed by atoms with Crippen molar-refractivity contribution in [3.8, 4) is 0 Å². The number of carbonyl (C=O) groups excluding carboxylic acids is 1. The van der Waals surface area contributed by atoms with Crippen molar-refractivity contribution in [1.82, 2.24) is 14.7 Å². The van der Waals surface area contributed by atoms with Gasteiger partial charge >= 0.3 is 0 Å². The molecule has 0 N–H and O–H groups in total. The zero-order valence-corrected chi connectivity index (χ0v) is 18.5. The summed E-state index contributed by atoms with van der Waals surface area (Å²) < 4.78 is 1.74. The second-order valence-corrected chi connectivity index (χ2v) is 8.92. The number of aliphatic imine (C=N–C) groups is 1. The molecule has 1 amide bonds. The highest BCUT2D eigenvalue weighted by Gasteiger charge is 2.41. The molecule has 2 unspecified atom stereocenters. The van der Waals surface area contributed by atoms with E-state index in [9.17, 15) is 4.79 Å². The predicted molar refractivity (Wildman–Crippen MR) is 118 cm³/mol. The second-order valence-electron chi connectivity index (χ2n) is 7.70. The van der Waals surface area contributed by atoms with Crippen LogP contribution >= 0.6 is 34.8 Å². The number of amides is 1. The quantitative estimate of drug-likeness (QED) is 0.564. The number of likely N-dealkylation sites (tertiary alicyclic amines) is 1. The van der Waals surface area contributed by atoms with Gasteiger partial charge < -0.3 is 4.90 Å². The van der Waals surface area contributed by atoms with Crippen LogP contribution in [-0.4, -0.2) is 39.4 Å². The van der Waals surface area contributed by atoms with Gasteiger partial charge in [-0.1, -0.05) is 60.1 Å². The van der Waals surface area contributed by atoms with Gasteiger partial charge in [-0.05, 0) is 37.5 Å². The van der Waals surface area contributed by atoms with E-state index in [1.165, 1.54) is 6.42 Å². The molecule has 2 aromatic rings. The highest BCUT2D eigenvalue weighted by molar-refractivity contribution is 6.42. The summed E-state index contributed by atoms with van der Waals surface area (Å²) in [6.07, 6.45) is 7.21. The molecule has 5 nitrogen and oxygen atoms in total. The van der Waals surface area contributed by atoms with Crippen LogP contribution in [0, 0.1) is 5.92 Å². The summed E-state index contributed by atoms with van der Waals surface area (Å²) in [5.41, 5.74) is 1.60. The number of hydrogen-bond acceptors (Lipinski definition) is 3. The molecule has 0 saturated carbocycles. The number of benzene rings is 1. The van der Waals surface area contributed by atoms with Crippen LogP contribution in [0.5, 0.6) is 0 Å². The summed E-state index contributed by atoms with van der Waals surface area (Å²) in [4.78, 5) is 20.3. The highest BCUT2D eigenvalue weighted by Crippen LogP contribution is 2.41. The van der Waals surface area contributed by atoms with E-state index in [0.29, 0.717) is 20.9 Å². The molecule has 8 heteroatoms. The molecule has 1 aromatic heterocycles. The van der Waals surface area contributed by atoms with E-state index in [1.807, 2.05) is 17.9 Å². The molecule has 154 valence electrons. The molecule has 0 radical (unpaired) electrons. The maximum absolute atomic E-state index is 13.7. The Bertz CT molecular complexity index is 947. The van der Waals surface area contributed by atoms with E-state index in [4.69, 9.17) is 34.8 Å². The Labute approximate surface area is 185 Å². The topological polar surface area (TPSA) is 50.5 Å². The molecule has 2 aliphatic heterocycles. The molecule has 0 aliphatic carbocycles. The average molecular weight is 454 g/mol. The SMILES string of the molecule is CC1=Nc2c(Cl)cnn2C(c2ccc(Cl)c(Cl)c2)C1C(=O)N1CCCCCCC1. The summed E-state index contributed by atoms with van der Waals surface area (Å²) in [6.45, 7) is 3.46. The predicted octanol–water partition coefficient (Wildman–Crippen LogP) is 5.95. The van der Waals surface area contributed by atoms with Gasteiger partial charge in [0.25, 0.3) is 0 Å². The van der Waals surface area contributed by atoms with E-state index < -0.39 is 5.92 Å². The lowest BCUT2D eigenvalue weighted by atomic mass is 9.86. The molecule has 29 heavy (non-hydrogen) atoms. The number of nitrogens with zero attached hydrogens (tertiary/aromatic N) is 4. The number of halogens is 3. The Morgan fingerprint density at radius 2 is 1.69 bits per heavy atom. The summed E-state index contributed by atoms with van der Waals surface area (Å²) >= 11 is 18.8. The number of rotatable bonds is 2. The van der Waals surface area contributed by atoms with E-state index in [2.05, 4.69) is 10.1 Å². The molecule has 1 aromatic carbocycles. The van der Waals surface area contributed by atoms with Gasteiger partial charge in [-0.2, -0.15) is 5.10 Å². The van der Waals surface area contributed by atoms with Gasteiger partial charge in [0.2, 0.25) is 5.91 Å². The molecule has 0 spiro atoms. The van der Waals surface area contributed by atoms with Gasteiger partial charge in [-0.15, -0.1) is 0 Å². The van der Waals surface area contributed by atoms with Crippen molar-refractivity contribution < 1.29 is 4.79 Å². The average Bonchev–Trinajstić information content (AvgIpc) is 3.03. The minimum absolute atomic E-state index is 0.0847. The zero-order chi connectivity index (χ0) is 20.5. The largest absolute Gasteiger partial charge is 0.342 e. The van der Waals surface area contributed by atoms with E-state index in [0.717, 1.165) is 50.0 Å². The summed E-state index contributed by atoms with van der Waals surface area (Å²) in [5, 5.41) is 5.83. The van der Waals surface area contributed by atoms with Crippen molar-refractivity contribution in [2.75, 3.05) is 13.1 Å². The van der Waals surface area contributed by atoms with Crippen LogP contribution in [0.1, 0.15) is 50.6 Å². The summed E-state index contributed by atoms with van der Waals surface area (Å²) in [7, 11) is 0. The first-order valence-electron chi connectivity index (χ1n) is 9.99. The Hall–Kier alpha value is -1.56. The van der Waals surface area contributed by atoms with Gasteiger partial charge in [-0.25, -0.2) is 9.67 Å². The lowest BCUT2D eigenvalue weighted by Crippen LogP contribution is -2.45. The van der Waals surface area contributed by atoms with Gasteiger partial charge in [0, 0.05) is 18.8 Å². The van der Waals surface area contributed by atoms with E-state index >= 15 is 0 Å². The van der Waals surface area contributed by atoms with Gasteiger partial charge in [0.15, 0.2) is 5.82 Å². The summed E-state index contributed by atoms with van der Waals surface area (Å²) in [5.74, 6) is 0.189. The van der Waals surface area contributed by atoms with Crippen LogP contribution in [0.2, 0.25) is 15.1 Å². The smallest absolute Gasteiger partial charge is 0.233 e. The Kier molecular flexibility index (Phi) is 6.19. The molecule has 0 bridgehead atoms. The maximum atomic E-state index is 13.7. The molecule has 2 atom stereocenters. The first-order valence-corrected chi connectivity index (χ1v) is 11.1. The monoisotopic (exact) mass is 452 g/mol. The number of aromatic nitrogens is 2. The number of hydrogen-bond donors (Lipinski definition) is 0. The lowest BCUT2D eigenvalue weighted by molar-refractivity contribution is -0.134. The molecule has 3 heterocycles. The number of carbonyl (C=O) groups is 1. The Balaban J connectivity index is 1.77. The standard InChI is InChI=1S/C21H23Cl3N4O/c1-13-18(21(29)27-9-5-3-2-4-6-10-27)19(14-7-8-15(22)16(23)11-14)28-20(26-13)17(24)12-25-28/h7-8,11-12,18-19H,2-6,9-10H2,1H3. The van der Waals surface area contributed by atoms with Crippen LogP contribution in [0.15, 0.2) is 29.4 Å². The van der Waals surface area contributed by atoms with Crippen molar-refractivity contribution in [2.45, 2.75) is 45.1 Å². The lowest BCUT2D eigenvalue weighted by Gasteiger charge is -2.35. The molecule has 4 rings (SSSR count). The minimum Gasteiger partial charge on any atom is -0.342 e. The zero-order valence-electron chi connectivity index (χ0n) is 16.2. The molecule has 2 aliphatic rings. The Morgan fingerprint density at radius 1 is 1.00 bits per heavy atom. The molecular formula is C21H23Cl3N4O. The van der Waals surface area contributed by atoms with Gasteiger partial charge in [-0.3, -0.25) is 4.79 Å². The number of fused-ring (bicyclic) bond motifs is 1. The van der Waals surface area contributed by atoms with Crippen LogP contribution in [0.25, 0.3) is 0 Å². The third kappa shape index (κ3) is 4.05. The van der Waals surface area contributed by atoms with Gasteiger partial charge in [0.1, 0.15) is 10.9 Å². The third-order valence-corrected chi connectivity index (χ3v) is 6.76. The van der Waals surface area contributed by atoms with Crippen molar-refractivity contribution in [1.29, 1.82) is 0 Å². The third-order valence-electron chi connectivity index (χ3n) is 5.76. The van der Waals surface area contributed by atoms with Gasteiger partial charge in [0.05, 0.1) is 22.3 Å². The highest BCUT2D eigenvalue weighted by atomic mass is 35.5. The normalized spacial score (nSPS) is 22.5. The first-order chi connectivity index (χ1) is 14.0. The van der Waals surface area contributed by atoms with Crippen molar-refractivity contribution in [3.05, 3.63) is 45.0 Å². The maximum Gasteiger partial charge on any atom is 0.233 e. The van der Waals surface area contributed by atoms with Crippen molar-refractivity contribution >= 4 is 52.2 Å². The van der Waals surface area contributed by atoms with Crippen molar-refractivity contribution in [3.63, 3.8) is 0 Å².